The van der Waals surface area contributed by atoms with Gasteiger partial charge in [-0.15, -0.1) is 0 Å². The van der Waals surface area contributed by atoms with E-state index in [-0.39, 0.29) is 102 Å². The van der Waals surface area contributed by atoms with Gasteiger partial charge < -0.3 is 123 Å². The van der Waals surface area contributed by atoms with Gasteiger partial charge in [-0.05, 0) is 210 Å². The normalized spacial score (nSPS) is 14.2. The second-order valence-electron chi connectivity index (χ2n) is 20.5. The molecule has 0 heterocycles. The number of anilines is 3. The highest BCUT2D eigenvalue weighted by Crippen LogP contribution is 2.40. The van der Waals surface area contributed by atoms with E-state index in [9.17, 15) is 115 Å². The first kappa shape index (κ1) is 88.1. The molecule has 95 heavy (non-hydrogen) atoms. The lowest BCUT2D eigenvalue weighted by atomic mass is 10.1. The maximum atomic E-state index is 15.5. The van der Waals surface area contributed by atoms with E-state index in [1.54, 1.807) is 203 Å². The summed E-state index contributed by atoms with van der Waals surface area (Å²) >= 11 is 15.3. The topological polar surface area (TPSA) is 530 Å². The second-order valence-corrected chi connectivity index (χ2v) is 30.2. The molecule has 3 rings (SSSR count). The summed E-state index contributed by atoms with van der Waals surface area (Å²) in [5.41, 5.74) is -2.15. The standard InChI is InChI=1S/C53H66I9N9O24/c1-68(9-18(78)12-72)50(92)26-30(54)24(33(57)39(35(26)59)65-47(89)42(84)21(81)15-75)45(87)63-5-4-7-71(53(95)29-32(56)28(52(94)70(3)11-20(80)14-74)37(61)41(38(29)62)67-49(91)44(86)23(83)17-77)8-6-64-46(88)25-31(55)27(51(93)69(2)10-19(79)13-73)36(60)40(34(25)58)66-48(90)43(85)22(82)16-76/h18-23,42-44,72-86H,4-17H2,1-3H3,(H,63,87)(H,64,88)(H,65,89)(H,66,90)(H,67,91). The first-order valence-electron chi connectivity index (χ1n) is 27.3. The van der Waals surface area contributed by atoms with E-state index < -0.39 is 180 Å². The summed E-state index contributed by atoms with van der Waals surface area (Å²) in [6, 6.07) is 0. The van der Waals surface area contributed by atoms with Gasteiger partial charge in [0.15, 0.2) is 18.3 Å². The van der Waals surface area contributed by atoms with Crippen molar-refractivity contribution in [3.8, 4) is 0 Å². The van der Waals surface area contributed by atoms with Crippen LogP contribution in [0.5, 0.6) is 0 Å². The monoisotopic (exact) mass is 2350 g/mol. The summed E-state index contributed by atoms with van der Waals surface area (Å²) in [6.07, 6.45) is -17.0. The number of nitrogens with zero attached hydrogens (tertiary/aromatic N) is 4. The fourth-order valence-corrected chi connectivity index (χ4v) is 21.4. The van der Waals surface area contributed by atoms with E-state index in [0.717, 1.165) is 19.6 Å². The van der Waals surface area contributed by atoms with Gasteiger partial charge in [0.05, 0.1) is 130 Å². The van der Waals surface area contributed by atoms with E-state index in [2.05, 4.69) is 26.6 Å². The van der Waals surface area contributed by atoms with Crippen LogP contribution in [0, 0.1) is 32.1 Å². The van der Waals surface area contributed by atoms with Crippen molar-refractivity contribution in [2.24, 2.45) is 0 Å². The molecule has 0 saturated heterocycles. The number of amides is 9. The molecule has 0 aliphatic carbocycles. The molecular formula is C53H66I9N9O24. The van der Waals surface area contributed by atoms with Crippen LogP contribution in [0.25, 0.3) is 0 Å². The molecule has 0 aromatic heterocycles. The molecule has 0 fully saturated rings. The Balaban J connectivity index is 2.36. The minimum Gasteiger partial charge on any atom is -0.394 e. The third kappa shape index (κ3) is 22.7. The molecule has 0 radical (unpaired) electrons. The van der Waals surface area contributed by atoms with E-state index in [0.29, 0.717) is 0 Å². The molecule has 3 aromatic rings. The molecule has 9 unspecified atom stereocenters. The number of benzene rings is 3. The molecule has 20 N–H and O–H groups in total. The van der Waals surface area contributed by atoms with Crippen molar-refractivity contribution < 1.29 is 120 Å². The van der Waals surface area contributed by atoms with Crippen molar-refractivity contribution in [2.45, 2.75) is 61.4 Å². The lowest BCUT2D eigenvalue weighted by Crippen LogP contribution is -2.43. The maximum absolute atomic E-state index is 15.5. The number of carbonyl (C=O) groups excluding carboxylic acids is 9. The molecule has 9 atom stereocenters. The summed E-state index contributed by atoms with van der Waals surface area (Å²) in [7, 11) is 3.82. The van der Waals surface area contributed by atoms with Gasteiger partial charge in [0.25, 0.3) is 53.2 Å². The summed E-state index contributed by atoms with van der Waals surface area (Å²) in [4.78, 5) is 132. The van der Waals surface area contributed by atoms with Gasteiger partial charge >= 0.3 is 0 Å². The summed E-state index contributed by atoms with van der Waals surface area (Å²) in [6.45, 7) is -8.29. The number of aliphatic hydroxyl groups is 15. The summed E-state index contributed by atoms with van der Waals surface area (Å²) in [5.74, 6) is -9.10. The number of carbonyl (C=O) groups is 9. The molecular weight excluding hydrogens is 2290 g/mol. The Bertz CT molecular complexity index is 3350. The average molecular weight is 2360 g/mol. The number of hydrogen-bond acceptors (Lipinski definition) is 24. The zero-order valence-corrected chi connectivity index (χ0v) is 69.1. The third-order valence-electron chi connectivity index (χ3n) is 13.4. The van der Waals surface area contributed by atoms with Crippen molar-refractivity contribution in [2.75, 3.05) is 123 Å². The lowest BCUT2D eigenvalue weighted by Gasteiger charge is -2.28. The Kier molecular flexibility index (Phi) is 38.2. The van der Waals surface area contributed by atoms with Crippen molar-refractivity contribution in [1.82, 2.24) is 30.2 Å². The number of rotatable bonds is 34. The number of likely N-dealkylation sites (N-methyl/N-ethyl adjacent to an activating group) is 3. The smallest absolute Gasteiger partial charge is 0.256 e. The van der Waals surface area contributed by atoms with Crippen LogP contribution < -0.4 is 26.6 Å². The van der Waals surface area contributed by atoms with Crippen molar-refractivity contribution in [1.29, 1.82) is 0 Å². The SMILES string of the molecule is CN(CC(O)CO)C(=O)c1c(I)c(NC(=O)C(O)C(O)CO)c(I)c(C(=O)NCCCN(CCNC(=O)c2c(I)c(NC(=O)C(O)C(O)CO)c(I)c(C(=O)N(C)CC(O)CO)c2I)C(=O)c2c(I)c(NC(=O)C(O)C(O)CO)c(I)c(C(=O)N(C)CC(O)CO)c2I)c1I. The highest BCUT2D eigenvalue weighted by atomic mass is 127. The fraction of sp³-hybridized carbons (Fsp3) is 0.491. The van der Waals surface area contributed by atoms with Crippen molar-refractivity contribution in [3.05, 3.63) is 65.5 Å². The fourth-order valence-electron chi connectivity index (χ4n) is 8.26. The molecule has 9 amide bonds. The first-order valence-corrected chi connectivity index (χ1v) is 37.0. The van der Waals surface area contributed by atoms with Crippen LogP contribution in [0.2, 0.25) is 0 Å². The highest BCUT2D eigenvalue weighted by Gasteiger charge is 2.38. The zero-order valence-electron chi connectivity index (χ0n) is 49.7. The second kappa shape index (κ2) is 41.2. The lowest BCUT2D eigenvalue weighted by molar-refractivity contribution is -0.131. The predicted molar refractivity (Wildman–Crippen MR) is 412 cm³/mol. The van der Waals surface area contributed by atoms with Gasteiger partial charge in [-0.3, -0.25) is 43.2 Å². The number of halogens is 9. The van der Waals surface area contributed by atoms with Gasteiger partial charge in [0, 0.05) is 77.7 Å². The van der Waals surface area contributed by atoms with Crippen LogP contribution >= 0.6 is 203 Å². The van der Waals surface area contributed by atoms with E-state index in [4.69, 9.17) is 0 Å². The van der Waals surface area contributed by atoms with E-state index >= 15 is 4.79 Å². The van der Waals surface area contributed by atoms with E-state index in [1.807, 2.05) is 0 Å². The Labute approximate surface area is 664 Å². The molecule has 0 aliphatic rings. The molecule has 0 aliphatic heterocycles. The number of nitrogens with one attached hydrogen (secondary N) is 5. The zero-order chi connectivity index (χ0) is 72.5. The van der Waals surface area contributed by atoms with Crippen molar-refractivity contribution >= 4 is 274 Å². The molecule has 0 saturated carbocycles. The average Bonchev–Trinajstić information content (AvgIpc) is 0.779. The van der Waals surface area contributed by atoms with Gasteiger partial charge in [0.2, 0.25) is 0 Å². The molecule has 33 nitrogen and oxygen atoms in total. The molecule has 530 valence electrons. The summed E-state index contributed by atoms with van der Waals surface area (Å²) in [5, 5.41) is 163. The van der Waals surface area contributed by atoms with Gasteiger partial charge in [-0.2, -0.15) is 0 Å². The minimum atomic E-state index is -2.26. The van der Waals surface area contributed by atoms with Gasteiger partial charge in [-0.25, -0.2) is 0 Å². The molecule has 0 bridgehead atoms. The Morgan fingerprint density at radius 2 is 0.600 bits per heavy atom. The Hall–Kier alpha value is -1.14. The predicted octanol–water partition coefficient (Wildman–Crippen LogP) is -2.95. The van der Waals surface area contributed by atoms with E-state index in [1.165, 1.54) is 21.1 Å². The highest BCUT2D eigenvalue weighted by molar-refractivity contribution is 14.1. The minimum absolute atomic E-state index is 0.00108. The van der Waals surface area contributed by atoms with Crippen LogP contribution in [-0.4, -0.2) is 311 Å². The van der Waals surface area contributed by atoms with Crippen LogP contribution in [0.4, 0.5) is 17.1 Å². The quantitative estimate of drug-likeness (QED) is 0.0210. The third-order valence-corrected chi connectivity index (χ3v) is 23.1. The first-order chi connectivity index (χ1) is 44.4. The summed E-state index contributed by atoms with van der Waals surface area (Å²) < 4.78 is -0.221. The van der Waals surface area contributed by atoms with Crippen LogP contribution in [0.1, 0.15) is 68.6 Å². The van der Waals surface area contributed by atoms with Gasteiger partial charge in [0.1, 0.15) is 18.3 Å². The number of aliphatic hydroxyl groups excluding tert-OH is 15. The van der Waals surface area contributed by atoms with Gasteiger partial charge in [-0.1, -0.05) is 0 Å². The maximum Gasteiger partial charge on any atom is 0.256 e. The Morgan fingerprint density at radius 1 is 0.347 bits per heavy atom. The Morgan fingerprint density at radius 3 is 0.874 bits per heavy atom. The van der Waals surface area contributed by atoms with Crippen LogP contribution in [-0.2, 0) is 14.4 Å². The molecule has 0 spiro atoms. The van der Waals surface area contributed by atoms with Crippen LogP contribution in [0.3, 0.4) is 0 Å². The number of hydrogen-bond donors (Lipinski definition) is 20. The van der Waals surface area contributed by atoms with Crippen molar-refractivity contribution in [3.63, 3.8) is 0 Å². The van der Waals surface area contributed by atoms with Crippen LogP contribution in [0.15, 0.2) is 0 Å². The molecule has 42 heteroatoms. The molecule has 3 aromatic carbocycles. The largest absolute Gasteiger partial charge is 0.394 e.